The first-order valence-corrected chi connectivity index (χ1v) is 12.3. The third kappa shape index (κ3) is 3.54. The van der Waals surface area contributed by atoms with Gasteiger partial charge in [-0.25, -0.2) is 0 Å². The topological polar surface area (TPSA) is 36.1 Å². The van der Waals surface area contributed by atoms with Crippen molar-refractivity contribution in [2.75, 3.05) is 0 Å². The summed E-state index contributed by atoms with van der Waals surface area (Å²) >= 11 is 12.9. The minimum atomic E-state index is -0.285. The van der Waals surface area contributed by atoms with Crippen LogP contribution in [0.5, 0.6) is 0 Å². The monoisotopic (exact) mass is 496 g/mol. The van der Waals surface area contributed by atoms with Crippen LogP contribution in [0.3, 0.4) is 0 Å². The number of fused-ring (bicyclic) bond motifs is 2. The van der Waals surface area contributed by atoms with Crippen LogP contribution in [-0.2, 0) is 0 Å². The summed E-state index contributed by atoms with van der Waals surface area (Å²) in [4.78, 5) is 19.5. The Morgan fingerprint density at radius 2 is 1.54 bits per heavy atom. The summed E-state index contributed by atoms with van der Waals surface area (Å²) in [5.41, 5.74) is 6.59. The van der Waals surface area contributed by atoms with E-state index in [9.17, 15) is 4.79 Å². The van der Waals surface area contributed by atoms with Gasteiger partial charge in [0.2, 0.25) is 0 Å². The van der Waals surface area contributed by atoms with E-state index in [-0.39, 0.29) is 18.0 Å². The van der Waals surface area contributed by atoms with Crippen LogP contribution in [0, 0.1) is 0 Å². The molecule has 1 amide bonds. The van der Waals surface area contributed by atoms with Gasteiger partial charge < -0.3 is 9.88 Å². The molecule has 35 heavy (non-hydrogen) atoms. The predicted octanol–water partition coefficient (Wildman–Crippen LogP) is 8.45. The Morgan fingerprint density at radius 1 is 0.829 bits per heavy atom. The molecule has 1 aromatic heterocycles. The Kier molecular flexibility index (Phi) is 5.40. The van der Waals surface area contributed by atoms with Gasteiger partial charge in [0.05, 0.1) is 22.8 Å². The highest BCUT2D eigenvalue weighted by atomic mass is 35.5. The van der Waals surface area contributed by atoms with Crippen molar-refractivity contribution in [3.8, 4) is 11.3 Å². The molecule has 6 rings (SSSR count). The van der Waals surface area contributed by atoms with Gasteiger partial charge in [0.1, 0.15) is 0 Å². The number of aromatic nitrogens is 1. The number of nitrogens with one attached hydrogen (secondary N) is 1. The molecule has 0 unspecified atom stereocenters. The standard InChI is InChI=1S/C30H22Cl2N2O/c1-18(19-9-3-2-4-10-19)34-29(21-11-5-6-12-22(21)30(34)35)27-24-13-7-8-14-26(24)33-28(27)23-16-15-20(31)17-25(23)32/h2-18,29,33H,1H3/t18-,29-/m1/s1. The van der Waals surface area contributed by atoms with Crippen molar-refractivity contribution in [3.63, 3.8) is 0 Å². The molecule has 1 aliphatic rings. The molecule has 1 N–H and O–H groups in total. The molecule has 2 heterocycles. The predicted molar refractivity (Wildman–Crippen MR) is 143 cm³/mol. The molecule has 2 atom stereocenters. The second-order valence-electron chi connectivity index (χ2n) is 8.87. The first-order chi connectivity index (χ1) is 17.0. The molecule has 4 aromatic carbocycles. The van der Waals surface area contributed by atoms with Crippen LogP contribution in [0.4, 0.5) is 0 Å². The molecule has 172 valence electrons. The Labute approximate surface area is 213 Å². The summed E-state index contributed by atoms with van der Waals surface area (Å²) in [7, 11) is 0. The number of aromatic amines is 1. The molecule has 0 bridgehead atoms. The number of H-pyrrole nitrogens is 1. The van der Waals surface area contributed by atoms with E-state index in [2.05, 4.69) is 42.2 Å². The molecule has 0 spiro atoms. The SMILES string of the molecule is C[C@H](c1ccccc1)N1C(=O)c2ccccc2[C@@H]1c1c(-c2ccc(Cl)cc2Cl)[nH]c2ccccc12. The number of para-hydroxylation sites is 1. The first kappa shape index (κ1) is 22.0. The molecule has 5 aromatic rings. The summed E-state index contributed by atoms with van der Waals surface area (Å²) in [5.74, 6) is 0.0281. The average Bonchev–Trinajstić information content (AvgIpc) is 3.39. The summed E-state index contributed by atoms with van der Waals surface area (Å²) in [6.45, 7) is 2.09. The lowest BCUT2D eigenvalue weighted by molar-refractivity contribution is 0.0678. The molecule has 0 saturated carbocycles. The molecular formula is C30H22Cl2N2O. The van der Waals surface area contributed by atoms with Gasteiger partial charge in [0, 0.05) is 32.6 Å². The van der Waals surface area contributed by atoms with E-state index in [1.54, 1.807) is 6.07 Å². The van der Waals surface area contributed by atoms with Crippen LogP contribution < -0.4 is 0 Å². The van der Waals surface area contributed by atoms with Gasteiger partial charge >= 0.3 is 0 Å². The van der Waals surface area contributed by atoms with Gasteiger partial charge in [0.25, 0.3) is 5.91 Å². The average molecular weight is 497 g/mol. The van der Waals surface area contributed by atoms with Crippen LogP contribution in [0.1, 0.15) is 46.1 Å². The summed E-state index contributed by atoms with van der Waals surface area (Å²) in [5, 5.41) is 2.20. The van der Waals surface area contributed by atoms with Crippen molar-refractivity contribution in [3.05, 3.63) is 129 Å². The van der Waals surface area contributed by atoms with E-state index < -0.39 is 0 Å². The maximum Gasteiger partial charge on any atom is 0.255 e. The minimum Gasteiger partial charge on any atom is -0.354 e. The summed E-state index contributed by atoms with van der Waals surface area (Å²) < 4.78 is 0. The third-order valence-electron chi connectivity index (χ3n) is 6.92. The molecule has 5 heteroatoms. The van der Waals surface area contributed by atoms with Gasteiger partial charge in [-0.2, -0.15) is 0 Å². The van der Waals surface area contributed by atoms with E-state index in [0.29, 0.717) is 10.0 Å². The van der Waals surface area contributed by atoms with Crippen molar-refractivity contribution >= 4 is 40.0 Å². The largest absolute Gasteiger partial charge is 0.354 e. The zero-order valence-electron chi connectivity index (χ0n) is 19.0. The fourth-order valence-electron chi connectivity index (χ4n) is 5.27. The lowest BCUT2D eigenvalue weighted by Gasteiger charge is -2.32. The Bertz CT molecular complexity index is 1570. The van der Waals surface area contributed by atoms with Crippen LogP contribution in [0.2, 0.25) is 10.0 Å². The molecule has 0 saturated heterocycles. The molecule has 0 aliphatic carbocycles. The normalized spacial score (nSPS) is 16.0. The number of hydrogen-bond acceptors (Lipinski definition) is 1. The van der Waals surface area contributed by atoms with Crippen LogP contribution >= 0.6 is 23.2 Å². The van der Waals surface area contributed by atoms with Crippen molar-refractivity contribution in [2.24, 2.45) is 0 Å². The van der Waals surface area contributed by atoms with E-state index in [1.807, 2.05) is 65.6 Å². The highest BCUT2D eigenvalue weighted by Crippen LogP contribution is 2.49. The van der Waals surface area contributed by atoms with Crippen LogP contribution in [-0.4, -0.2) is 15.8 Å². The second kappa shape index (κ2) is 8.60. The smallest absolute Gasteiger partial charge is 0.255 e. The van der Waals surface area contributed by atoms with Gasteiger partial charge in [-0.3, -0.25) is 4.79 Å². The van der Waals surface area contributed by atoms with Gasteiger partial charge in [-0.05, 0) is 48.4 Å². The molecular weight excluding hydrogens is 475 g/mol. The van der Waals surface area contributed by atoms with Crippen molar-refractivity contribution in [1.82, 2.24) is 9.88 Å². The quantitative estimate of drug-likeness (QED) is 0.266. The zero-order chi connectivity index (χ0) is 24.1. The Balaban J connectivity index is 1.64. The first-order valence-electron chi connectivity index (χ1n) is 11.6. The number of nitrogens with zero attached hydrogens (tertiary/aromatic N) is 1. The van der Waals surface area contributed by atoms with Crippen molar-refractivity contribution < 1.29 is 4.79 Å². The molecule has 3 nitrogen and oxygen atoms in total. The number of carbonyl (C=O) groups excluding carboxylic acids is 1. The number of carbonyl (C=O) groups is 1. The fraction of sp³-hybridized carbons (Fsp3) is 0.100. The van der Waals surface area contributed by atoms with E-state index >= 15 is 0 Å². The highest BCUT2D eigenvalue weighted by Gasteiger charge is 2.42. The summed E-state index contributed by atoms with van der Waals surface area (Å²) in [6.07, 6.45) is 0. The van der Waals surface area contributed by atoms with E-state index in [0.717, 1.165) is 44.4 Å². The van der Waals surface area contributed by atoms with Crippen molar-refractivity contribution in [1.29, 1.82) is 0 Å². The van der Waals surface area contributed by atoms with Gasteiger partial charge in [-0.1, -0.05) is 89.9 Å². The maximum absolute atomic E-state index is 13.9. The number of halogens is 2. The Hall–Kier alpha value is -3.53. The van der Waals surface area contributed by atoms with Crippen LogP contribution in [0.25, 0.3) is 22.2 Å². The number of benzene rings is 4. The fourth-order valence-corrected chi connectivity index (χ4v) is 5.78. The number of amides is 1. The maximum atomic E-state index is 13.9. The van der Waals surface area contributed by atoms with E-state index in [4.69, 9.17) is 23.2 Å². The lowest BCUT2D eigenvalue weighted by atomic mass is 9.92. The molecule has 0 radical (unpaired) electrons. The lowest BCUT2D eigenvalue weighted by Crippen LogP contribution is -2.31. The van der Waals surface area contributed by atoms with E-state index in [1.165, 1.54) is 0 Å². The number of rotatable bonds is 4. The molecule has 1 aliphatic heterocycles. The van der Waals surface area contributed by atoms with Crippen molar-refractivity contribution in [2.45, 2.75) is 19.0 Å². The second-order valence-corrected chi connectivity index (χ2v) is 9.72. The summed E-state index contributed by atoms with van der Waals surface area (Å²) in [6, 6.07) is 31.4. The highest BCUT2D eigenvalue weighted by molar-refractivity contribution is 6.36. The molecule has 0 fully saturated rings. The van der Waals surface area contributed by atoms with Crippen LogP contribution in [0.15, 0.2) is 97.1 Å². The number of hydrogen-bond donors (Lipinski definition) is 1. The third-order valence-corrected chi connectivity index (χ3v) is 7.47. The van der Waals surface area contributed by atoms with Gasteiger partial charge in [0.15, 0.2) is 0 Å². The minimum absolute atomic E-state index is 0.0281. The Morgan fingerprint density at radius 3 is 2.34 bits per heavy atom. The zero-order valence-corrected chi connectivity index (χ0v) is 20.5. The van der Waals surface area contributed by atoms with Gasteiger partial charge in [-0.15, -0.1) is 0 Å².